The summed E-state index contributed by atoms with van der Waals surface area (Å²) in [6, 6.07) is 10.8. The van der Waals surface area contributed by atoms with E-state index in [0.717, 1.165) is 36.6 Å². The number of aromatic nitrogens is 1. The van der Waals surface area contributed by atoms with E-state index >= 15 is 0 Å². The lowest BCUT2D eigenvalue weighted by atomic mass is 9.98. The summed E-state index contributed by atoms with van der Waals surface area (Å²) in [5.41, 5.74) is 3.64. The number of benzene rings is 1. The van der Waals surface area contributed by atoms with Gasteiger partial charge in [-0.05, 0) is 56.4 Å². The van der Waals surface area contributed by atoms with E-state index in [1.807, 2.05) is 18.3 Å². The number of fused-ring (bicyclic) bond motifs is 1. The third kappa shape index (κ3) is 3.17. The van der Waals surface area contributed by atoms with Gasteiger partial charge in [-0.3, -0.25) is 4.98 Å². The molecule has 1 unspecified atom stereocenters. The van der Waals surface area contributed by atoms with Gasteiger partial charge in [0.05, 0.1) is 31.5 Å². The molecule has 4 nitrogen and oxygen atoms in total. The number of pyridine rings is 1. The Hall–Kier alpha value is -2.23. The van der Waals surface area contributed by atoms with Gasteiger partial charge in [-0.2, -0.15) is 0 Å². The maximum Gasteiger partial charge on any atom is 0.163 e. The van der Waals surface area contributed by atoms with Crippen LogP contribution >= 0.6 is 0 Å². The molecule has 132 valence electrons. The maximum atomic E-state index is 6.32. The molecular formula is C21H26N2O2. The van der Waals surface area contributed by atoms with Gasteiger partial charge in [0.1, 0.15) is 0 Å². The first-order chi connectivity index (χ1) is 12.3. The largest absolute Gasteiger partial charge is 0.493 e. The molecule has 1 fully saturated rings. The molecule has 4 rings (SSSR count). The highest BCUT2D eigenvalue weighted by molar-refractivity contribution is 5.59. The smallest absolute Gasteiger partial charge is 0.163 e. The molecule has 0 N–H and O–H groups in total. The van der Waals surface area contributed by atoms with Crippen molar-refractivity contribution in [1.29, 1.82) is 0 Å². The van der Waals surface area contributed by atoms with Crippen LogP contribution in [-0.2, 0) is 6.54 Å². The van der Waals surface area contributed by atoms with E-state index in [1.165, 1.54) is 30.5 Å². The minimum atomic E-state index is 0.313. The van der Waals surface area contributed by atoms with Crippen molar-refractivity contribution in [2.75, 3.05) is 12.0 Å². The quantitative estimate of drug-likeness (QED) is 0.795. The van der Waals surface area contributed by atoms with Crippen LogP contribution in [0.5, 0.6) is 11.5 Å². The van der Waals surface area contributed by atoms with Crippen molar-refractivity contribution < 1.29 is 9.47 Å². The fourth-order valence-corrected chi connectivity index (χ4v) is 4.04. The SMILES string of the molecule is COc1ccc(N2Cc3ncccc3C2C)cc1OC1CCCCC1. The average molecular weight is 338 g/mol. The molecule has 0 spiro atoms. The van der Waals surface area contributed by atoms with Crippen molar-refractivity contribution in [1.82, 2.24) is 4.98 Å². The Balaban J connectivity index is 1.59. The van der Waals surface area contributed by atoms with Gasteiger partial charge in [-0.25, -0.2) is 0 Å². The van der Waals surface area contributed by atoms with E-state index in [0.29, 0.717) is 12.1 Å². The van der Waals surface area contributed by atoms with E-state index in [9.17, 15) is 0 Å². The number of rotatable bonds is 4. The highest BCUT2D eigenvalue weighted by Gasteiger charge is 2.28. The van der Waals surface area contributed by atoms with Crippen LogP contribution in [0.3, 0.4) is 0 Å². The van der Waals surface area contributed by atoms with E-state index in [4.69, 9.17) is 9.47 Å². The standard InChI is InChI=1S/C21H26N2O2/c1-15-18-9-6-12-22-19(18)14-23(15)16-10-11-20(24-2)21(13-16)25-17-7-4-3-5-8-17/h6,9-13,15,17H,3-5,7-8,14H2,1-2H3. The number of anilines is 1. The van der Waals surface area contributed by atoms with Crippen molar-refractivity contribution in [3.63, 3.8) is 0 Å². The van der Waals surface area contributed by atoms with Crippen LogP contribution in [0.2, 0.25) is 0 Å². The van der Waals surface area contributed by atoms with Crippen LogP contribution in [0.4, 0.5) is 5.69 Å². The van der Waals surface area contributed by atoms with E-state index in [2.05, 4.69) is 35.0 Å². The predicted octanol–water partition coefficient (Wildman–Crippen LogP) is 4.88. The summed E-state index contributed by atoms with van der Waals surface area (Å²) in [6.45, 7) is 3.08. The molecule has 25 heavy (non-hydrogen) atoms. The molecule has 0 saturated heterocycles. The zero-order chi connectivity index (χ0) is 17.2. The lowest BCUT2D eigenvalue weighted by Crippen LogP contribution is -2.21. The van der Waals surface area contributed by atoms with Gasteiger partial charge in [0.25, 0.3) is 0 Å². The van der Waals surface area contributed by atoms with Crippen molar-refractivity contribution >= 4 is 5.69 Å². The van der Waals surface area contributed by atoms with Gasteiger partial charge in [0.2, 0.25) is 0 Å². The van der Waals surface area contributed by atoms with Crippen LogP contribution in [-0.4, -0.2) is 18.2 Å². The van der Waals surface area contributed by atoms with Crippen LogP contribution < -0.4 is 14.4 Å². The van der Waals surface area contributed by atoms with Gasteiger partial charge in [-0.1, -0.05) is 12.5 Å². The molecule has 2 heterocycles. The van der Waals surface area contributed by atoms with E-state index in [1.54, 1.807) is 7.11 Å². The molecule has 1 aromatic carbocycles. The second-order valence-electron chi connectivity index (χ2n) is 7.06. The molecule has 1 saturated carbocycles. The molecule has 1 atom stereocenters. The van der Waals surface area contributed by atoms with Crippen molar-refractivity contribution in [3.8, 4) is 11.5 Å². The lowest BCUT2D eigenvalue weighted by molar-refractivity contribution is 0.149. The zero-order valence-corrected chi connectivity index (χ0v) is 15.1. The number of nitrogens with zero attached hydrogens (tertiary/aromatic N) is 2. The second kappa shape index (κ2) is 6.95. The molecule has 2 aliphatic rings. The molecule has 0 amide bonds. The third-order valence-corrected chi connectivity index (χ3v) is 5.49. The first kappa shape index (κ1) is 16.2. The van der Waals surface area contributed by atoms with Crippen molar-refractivity contribution in [2.45, 2.75) is 57.7 Å². The van der Waals surface area contributed by atoms with Crippen molar-refractivity contribution in [3.05, 3.63) is 47.8 Å². The fourth-order valence-electron chi connectivity index (χ4n) is 4.04. The first-order valence-corrected chi connectivity index (χ1v) is 9.31. The summed E-state index contributed by atoms with van der Waals surface area (Å²) in [5, 5.41) is 0. The Morgan fingerprint density at radius 2 is 1.92 bits per heavy atom. The van der Waals surface area contributed by atoms with Crippen LogP contribution in [0.15, 0.2) is 36.5 Å². The number of hydrogen-bond donors (Lipinski definition) is 0. The summed E-state index contributed by atoms with van der Waals surface area (Å²) in [4.78, 5) is 6.92. The molecule has 4 heteroatoms. The van der Waals surface area contributed by atoms with Gasteiger partial charge in [-0.15, -0.1) is 0 Å². The number of ether oxygens (including phenoxy) is 2. The minimum Gasteiger partial charge on any atom is -0.493 e. The monoisotopic (exact) mass is 338 g/mol. The predicted molar refractivity (Wildman–Crippen MR) is 99.3 cm³/mol. The fraction of sp³-hybridized carbons (Fsp3) is 0.476. The Morgan fingerprint density at radius 1 is 1.08 bits per heavy atom. The summed E-state index contributed by atoms with van der Waals surface area (Å²) in [7, 11) is 1.71. The Kier molecular flexibility index (Phi) is 4.51. The van der Waals surface area contributed by atoms with Crippen molar-refractivity contribution in [2.24, 2.45) is 0 Å². The van der Waals surface area contributed by atoms with Gasteiger partial charge in [0, 0.05) is 18.0 Å². The Bertz CT molecular complexity index is 740. The first-order valence-electron chi connectivity index (χ1n) is 9.31. The van der Waals surface area contributed by atoms with Gasteiger partial charge < -0.3 is 14.4 Å². The average Bonchev–Trinajstić information content (AvgIpc) is 3.00. The van der Waals surface area contributed by atoms with Crippen LogP contribution in [0, 0.1) is 0 Å². The molecule has 2 aromatic rings. The summed E-state index contributed by atoms with van der Waals surface area (Å²) in [5.74, 6) is 1.68. The lowest BCUT2D eigenvalue weighted by Gasteiger charge is -2.27. The minimum absolute atomic E-state index is 0.313. The summed E-state index contributed by atoms with van der Waals surface area (Å²) in [6.07, 6.45) is 8.32. The number of hydrogen-bond acceptors (Lipinski definition) is 4. The summed E-state index contributed by atoms with van der Waals surface area (Å²) >= 11 is 0. The molecule has 1 aliphatic heterocycles. The molecule has 1 aliphatic carbocycles. The van der Waals surface area contributed by atoms with E-state index in [-0.39, 0.29) is 0 Å². The Morgan fingerprint density at radius 3 is 2.68 bits per heavy atom. The summed E-state index contributed by atoms with van der Waals surface area (Å²) < 4.78 is 11.9. The molecule has 0 bridgehead atoms. The van der Waals surface area contributed by atoms with Gasteiger partial charge >= 0.3 is 0 Å². The molecule has 0 radical (unpaired) electrons. The second-order valence-corrected chi connectivity index (χ2v) is 7.06. The third-order valence-electron chi connectivity index (χ3n) is 5.49. The highest BCUT2D eigenvalue weighted by atomic mass is 16.5. The normalized spacial score (nSPS) is 20.4. The zero-order valence-electron chi connectivity index (χ0n) is 15.1. The van der Waals surface area contributed by atoms with E-state index < -0.39 is 0 Å². The molecule has 1 aromatic heterocycles. The van der Waals surface area contributed by atoms with Crippen LogP contribution in [0.1, 0.15) is 56.3 Å². The number of methoxy groups -OCH3 is 1. The topological polar surface area (TPSA) is 34.6 Å². The Labute approximate surface area is 149 Å². The van der Waals surface area contributed by atoms with Crippen LogP contribution in [0.25, 0.3) is 0 Å². The highest BCUT2D eigenvalue weighted by Crippen LogP contribution is 2.40. The maximum absolute atomic E-state index is 6.32. The van der Waals surface area contributed by atoms with Gasteiger partial charge in [0.15, 0.2) is 11.5 Å². The molecular weight excluding hydrogens is 312 g/mol.